The van der Waals surface area contributed by atoms with Crippen LogP contribution >= 0.6 is 11.6 Å². The van der Waals surface area contributed by atoms with Gasteiger partial charge in [0.2, 0.25) is 5.91 Å². The molecule has 0 bridgehead atoms. The summed E-state index contributed by atoms with van der Waals surface area (Å²) in [5.41, 5.74) is 3.57. The third kappa shape index (κ3) is 4.92. The second kappa shape index (κ2) is 10.2. The van der Waals surface area contributed by atoms with Gasteiger partial charge in [0.15, 0.2) is 0 Å². The lowest BCUT2D eigenvalue weighted by molar-refractivity contribution is -0.133. The lowest BCUT2D eigenvalue weighted by atomic mass is 9.96. The Morgan fingerprint density at radius 2 is 1.74 bits per heavy atom. The van der Waals surface area contributed by atoms with Gasteiger partial charge in [0.25, 0.3) is 0 Å². The van der Waals surface area contributed by atoms with Gasteiger partial charge in [0.1, 0.15) is 12.1 Å². The third-order valence-corrected chi connectivity index (χ3v) is 8.00. The van der Waals surface area contributed by atoms with Gasteiger partial charge in [-0.3, -0.25) is 9.69 Å². The molecule has 1 aliphatic carbocycles. The molecular weight excluding hydrogens is 448 g/mol. The molecule has 0 radical (unpaired) electrons. The fourth-order valence-electron chi connectivity index (χ4n) is 5.54. The summed E-state index contributed by atoms with van der Waals surface area (Å²) < 4.78 is 0. The van der Waals surface area contributed by atoms with E-state index in [1.165, 1.54) is 11.3 Å². The number of rotatable bonds is 5. The summed E-state index contributed by atoms with van der Waals surface area (Å²) in [5.74, 6) is 1.63. The summed E-state index contributed by atoms with van der Waals surface area (Å²) in [6.45, 7) is 10.2. The van der Waals surface area contributed by atoms with Gasteiger partial charge in [0, 0.05) is 75.2 Å². The zero-order chi connectivity index (χ0) is 23.7. The van der Waals surface area contributed by atoms with Crippen molar-refractivity contribution in [1.29, 1.82) is 0 Å². The molecule has 0 spiro atoms. The highest BCUT2D eigenvalue weighted by molar-refractivity contribution is 6.30. The maximum absolute atomic E-state index is 13.8. The zero-order valence-corrected chi connectivity index (χ0v) is 21.0. The first-order valence-electron chi connectivity index (χ1n) is 12.5. The zero-order valence-electron chi connectivity index (χ0n) is 20.3. The van der Waals surface area contributed by atoms with Crippen molar-refractivity contribution < 1.29 is 4.79 Å². The van der Waals surface area contributed by atoms with Crippen molar-refractivity contribution in [2.45, 2.75) is 31.6 Å². The van der Waals surface area contributed by atoms with Crippen LogP contribution < -0.4 is 4.90 Å². The van der Waals surface area contributed by atoms with Crippen LogP contribution in [0.15, 0.2) is 30.6 Å². The summed E-state index contributed by atoms with van der Waals surface area (Å²) in [7, 11) is 2.16. The van der Waals surface area contributed by atoms with Gasteiger partial charge in [-0.2, -0.15) is 0 Å². The summed E-state index contributed by atoms with van der Waals surface area (Å²) in [6, 6.07) is 7.83. The number of hydrogen-bond acceptors (Lipinski definition) is 6. The van der Waals surface area contributed by atoms with Gasteiger partial charge >= 0.3 is 0 Å². The monoisotopic (exact) mass is 482 g/mol. The molecule has 3 heterocycles. The number of benzene rings is 1. The van der Waals surface area contributed by atoms with E-state index in [9.17, 15) is 4.79 Å². The molecule has 2 aromatic rings. The Bertz CT molecular complexity index is 999. The van der Waals surface area contributed by atoms with Crippen molar-refractivity contribution in [2.24, 2.45) is 0 Å². The highest BCUT2D eigenvalue weighted by Gasteiger charge is 2.33. The third-order valence-electron chi connectivity index (χ3n) is 7.75. The van der Waals surface area contributed by atoms with Crippen LogP contribution in [0.25, 0.3) is 0 Å². The Morgan fingerprint density at radius 3 is 2.44 bits per heavy atom. The highest BCUT2D eigenvalue weighted by atomic mass is 35.5. The predicted octanol–water partition coefficient (Wildman–Crippen LogP) is 2.86. The van der Waals surface area contributed by atoms with Gasteiger partial charge < -0.3 is 14.7 Å². The number of fused-ring (bicyclic) bond motifs is 1. The predicted molar refractivity (Wildman–Crippen MR) is 136 cm³/mol. The Kier molecular flexibility index (Phi) is 7.04. The number of carbonyl (C=O) groups is 1. The molecule has 2 aliphatic heterocycles. The van der Waals surface area contributed by atoms with E-state index in [1.54, 1.807) is 6.33 Å². The van der Waals surface area contributed by atoms with E-state index >= 15 is 0 Å². The van der Waals surface area contributed by atoms with Gasteiger partial charge in [-0.25, -0.2) is 9.97 Å². The number of anilines is 1. The first-order chi connectivity index (χ1) is 16.5. The molecule has 0 saturated carbocycles. The molecule has 1 amide bonds. The number of amides is 1. The molecule has 3 aliphatic rings. The smallest absolute Gasteiger partial charge is 0.231 e. The fraction of sp³-hybridized carbons (Fsp3) is 0.577. The second-order valence-electron chi connectivity index (χ2n) is 10.0. The standard InChI is InChI=1S/C26H35ClN6O/c1-19-3-8-23-24(19)25(29-18-28-23)32-13-15-33(16-14-32)26(34)22(20-4-6-21(27)7-5-20)17-31-11-9-30(2)10-12-31/h4-7,18-19,22H,3,8-17H2,1-2H3/t19-,22-/m1/s1. The van der Waals surface area contributed by atoms with Gasteiger partial charge in [-0.15, -0.1) is 0 Å². The topological polar surface area (TPSA) is 55.8 Å². The average Bonchev–Trinajstić information content (AvgIpc) is 3.25. The molecule has 0 unspecified atom stereocenters. The highest BCUT2D eigenvalue weighted by Crippen LogP contribution is 2.37. The Balaban J connectivity index is 1.29. The maximum Gasteiger partial charge on any atom is 0.231 e. The van der Waals surface area contributed by atoms with E-state index in [4.69, 9.17) is 11.6 Å². The van der Waals surface area contributed by atoms with Crippen molar-refractivity contribution in [3.8, 4) is 0 Å². The van der Waals surface area contributed by atoms with E-state index in [-0.39, 0.29) is 11.8 Å². The minimum Gasteiger partial charge on any atom is -0.353 e. The van der Waals surface area contributed by atoms with E-state index in [1.807, 2.05) is 24.3 Å². The molecule has 34 heavy (non-hydrogen) atoms. The SMILES string of the molecule is C[C@@H]1CCc2ncnc(N3CCN(C(=O)[C@H](CN4CCN(C)CC4)c4ccc(Cl)cc4)CC3)c21. The second-order valence-corrected chi connectivity index (χ2v) is 10.5. The summed E-state index contributed by atoms with van der Waals surface area (Å²) >= 11 is 6.15. The van der Waals surface area contributed by atoms with Gasteiger partial charge in [0.05, 0.1) is 5.92 Å². The van der Waals surface area contributed by atoms with Crippen molar-refractivity contribution in [3.63, 3.8) is 0 Å². The molecule has 2 fully saturated rings. The van der Waals surface area contributed by atoms with Crippen LogP contribution in [0.3, 0.4) is 0 Å². The van der Waals surface area contributed by atoms with Crippen LogP contribution in [0.4, 0.5) is 5.82 Å². The lowest BCUT2D eigenvalue weighted by Crippen LogP contribution is -2.52. The van der Waals surface area contributed by atoms with E-state index in [2.05, 4.69) is 43.5 Å². The molecule has 7 nitrogen and oxygen atoms in total. The number of nitrogens with zero attached hydrogens (tertiary/aromatic N) is 6. The normalized spacial score (nSPS) is 22.6. The first-order valence-corrected chi connectivity index (χ1v) is 12.9. The number of piperazine rings is 2. The number of likely N-dealkylation sites (N-methyl/N-ethyl adjacent to an activating group) is 1. The van der Waals surface area contributed by atoms with Gasteiger partial charge in [-0.1, -0.05) is 30.7 Å². The van der Waals surface area contributed by atoms with Crippen LogP contribution in [0.1, 0.15) is 42.0 Å². The quantitative estimate of drug-likeness (QED) is 0.653. The number of hydrogen-bond donors (Lipinski definition) is 0. The minimum absolute atomic E-state index is 0.171. The molecule has 5 rings (SSSR count). The number of halogens is 1. The van der Waals surface area contributed by atoms with Crippen molar-refractivity contribution in [1.82, 2.24) is 24.7 Å². The minimum atomic E-state index is -0.171. The number of aromatic nitrogens is 2. The molecule has 182 valence electrons. The summed E-state index contributed by atoms with van der Waals surface area (Å²) in [6.07, 6.45) is 3.89. The maximum atomic E-state index is 13.8. The first kappa shape index (κ1) is 23.5. The van der Waals surface area contributed by atoms with Crippen LogP contribution in [-0.2, 0) is 11.2 Å². The lowest BCUT2D eigenvalue weighted by Gasteiger charge is -2.39. The molecular formula is C26H35ClN6O. The Morgan fingerprint density at radius 1 is 1.03 bits per heavy atom. The van der Waals surface area contributed by atoms with E-state index in [0.29, 0.717) is 10.9 Å². The average molecular weight is 483 g/mol. The fourth-order valence-corrected chi connectivity index (χ4v) is 5.67. The largest absolute Gasteiger partial charge is 0.353 e. The molecule has 0 N–H and O–H groups in total. The van der Waals surface area contributed by atoms with E-state index in [0.717, 1.165) is 83.1 Å². The van der Waals surface area contributed by atoms with Crippen LogP contribution in [0.5, 0.6) is 0 Å². The van der Waals surface area contributed by atoms with Crippen molar-refractivity contribution in [2.75, 3.05) is 70.9 Å². The van der Waals surface area contributed by atoms with Crippen LogP contribution in [0.2, 0.25) is 5.02 Å². The van der Waals surface area contributed by atoms with Gasteiger partial charge in [-0.05, 0) is 43.5 Å². The van der Waals surface area contributed by atoms with Crippen molar-refractivity contribution >= 4 is 23.3 Å². The summed E-state index contributed by atoms with van der Waals surface area (Å²) in [5, 5.41) is 0.703. The molecule has 1 aromatic heterocycles. The van der Waals surface area contributed by atoms with Crippen LogP contribution in [0, 0.1) is 0 Å². The molecule has 8 heteroatoms. The van der Waals surface area contributed by atoms with Crippen molar-refractivity contribution in [3.05, 3.63) is 52.4 Å². The summed E-state index contributed by atoms with van der Waals surface area (Å²) in [4.78, 5) is 32.2. The number of carbonyl (C=O) groups excluding carboxylic acids is 1. The Hall–Kier alpha value is -2.22. The Labute approximate surface area is 207 Å². The molecule has 1 aromatic carbocycles. The molecule has 2 saturated heterocycles. The number of aryl methyl sites for hydroxylation is 1. The van der Waals surface area contributed by atoms with E-state index < -0.39 is 0 Å². The molecule has 2 atom stereocenters. The van der Waals surface area contributed by atoms with Crippen LogP contribution in [-0.4, -0.2) is 96.5 Å².